The second kappa shape index (κ2) is 10.0. The maximum Gasteiger partial charge on any atom is 0.237 e. The lowest BCUT2D eigenvalue weighted by Crippen LogP contribution is -2.52. The molecule has 10 heteroatoms. The van der Waals surface area contributed by atoms with Gasteiger partial charge >= 0.3 is 0 Å². The summed E-state index contributed by atoms with van der Waals surface area (Å²) in [4.78, 5) is 22.0. The van der Waals surface area contributed by atoms with Crippen LogP contribution in [-0.4, -0.2) is 79.5 Å². The van der Waals surface area contributed by atoms with E-state index in [1.54, 1.807) is 10.9 Å². The van der Waals surface area contributed by atoms with Crippen LogP contribution in [0, 0.1) is 12.8 Å². The zero-order valence-electron chi connectivity index (χ0n) is 20.5. The molecule has 1 aromatic carbocycles. The molecule has 0 unspecified atom stereocenters. The van der Waals surface area contributed by atoms with Crippen LogP contribution < -0.4 is 0 Å². The van der Waals surface area contributed by atoms with Gasteiger partial charge in [-0.25, -0.2) is 9.50 Å². The number of rotatable bonds is 6. The lowest BCUT2D eigenvalue weighted by atomic mass is 10.0. The Balaban J connectivity index is 0.00000267. The lowest BCUT2D eigenvalue weighted by molar-refractivity contribution is -0.138. The summed E-state index contributed by atoms with van der Waals surface area (Å²) in [5.41, 5.74) is 6.94. The van der Waals surface area contributed by atoms with Gasteiger partial charge in [-0.1, -0.05) is 12.1 Å². The molecule has 36 heavy (non-hydrogen) atoms. The molecular weight excluding hydrogens is 478 g/mol. The van der Waals surface area contributed by atoms with Gasteiger partial charge in [0, 0.05) is 56.5 Å². The Bertz CT molecular complexity index is 1390. The first-order valence-electron chi connectivity index (χ1n) is 12.0. The summed E-state index contributed by atoms with van der Waals surface area (Å²) in [5.74, 6) is 0.781. The van der Waals surface area contributed by atoms with Crippen LogP contribution in [0.1, 0.15) is 11.1 Å². The molecule has 0 bridgehead atoms. The van der Waals surface area contributed by atoms with Crippen molar-refractivity contribution < 1.29 is 9.53 Å². The lowest BCUT2D eigenvalue weighted by Gasteiger charge is -2.38. The number of aromatic nitrogens is 5. The summed E-state index contributed by atoms with van der Waals surface area (Å²) in [5, 5.41) is 8.73. The zero-order valence-corrected chi connectivity index (χ0v) is 21.3. The van der Waals surface area contributed by atoms with Gasteiger partial charge in [0.15, 0.2) is 0 Å². The van der Waals surface area contributed by atoms with Crippen LogP contribution in [0.2, 0.25) is 0 Å². The fraction of sp³-hybridized carbons (Fsp3) is 0.385. The van der Waals surface area contributed by atoms with E-state index in [-0.39, 0.29) is 18.3 Å². The SMILES string of the molecule is Cc1cc(-c2nc(-c3cnn(C)c3)cn3nccc23)ccc1CN1CCN(CC2COC2)CC1=O.Cl. The number of amides is 1. The van der Waals surface area contributed by atoms with E-state index in [0.717, 1.165) is 72.0 Å². The van der Waals surface area contributed by atoms with Gasteiger partial charge in [0.05, 0.1) is 55.3 Å². The Morgan fingerprint density at radius 1 is 1.08 bits per heavy atom. The minimum Gasteiger partial charge on any atom is -0.381 e. The molecule has 2 aliphatic heterocycles. The number of benzene rings is 1. The van der Waals surface area contributed by atoms with Gasteiger partial charge in [0.2, 0.25) is 5.91 Å². The molecule has 0 radical (unpaired) electrons. The van der Waals surface area contributed by atoms with E-state index >= 15 is 0 Å². The monoisotopic (exact) mass is 507 g/mol. The number of nitrogens with zero attached hydrogens (tertiary/aromatic N) is 7. The van der Waals surface area contributed by atoms with Crippen molar-refractivity contribution in [3.8, 4) is 22.5 Å². The highest BCUT2D eigenvalue weighted by atomic mass is 35.5. The van der Waals surface area contributed by atoms with Crippen molar-refractivity contribution in [2.75, 3.05) is 39.4 Å². The Morgan fingerprint density at radius 3 is 2.64 bits per heavy atom. The van der Waals surface area contributed by atoms with Crippen molar-refractivity contribution in [2.24, 2.45) is 13.0 Å². The molecule has 9 nitrogen and oxygen atoms in total. The molecule has 0 saturated carbocycles. The van der Waals surface area contributed by atoms with Gasteiger partial charge in [-0.2, -0.15) is 10.2 Å². The fourth-order valence-electron chi connectivity index (χ4n) is 4.89. The van der Waals surface area contributed by atoms with Gasteiger partial charge in [-0.15, -0.1) is 12.4 Å². The van der Waals surface area contributed by atoms with Crippen molar-refractivity contribution in [2.45, 2.75) is 13.5 Å². The average molecular weight is 508 g/mol. The second-order valence-electron chi connectivity index (χ2n) is 9.63. The molecule has 0 atom stereocenters. The summed E-state index contributed by atoms with van der Waals surface area (Å²) < 4.78 is 8.90. The van der Waals surface area contributed by atoms with Crippen LogP contribution in [0.5, 0.6) is 0 Å². The number of fused-ring (bicyclic) bond motifs is 1. The molecule has 0 N–H and O–H groups in total. The third-order valence-corrected chi connectivity index (χ3v) is 6.99. The van der Waals surface area contributed by atoms with Crippen LogP contribution in [0.3, 0.4) is 0 Å². The zero-order chi connectivity index (χ0) is 23.9. The summed E-state index contributed by atoms with van der Waals surface area (Å²) in [6, 6.07) is 8.37. The summed E-state index contributed by atoms with van der Waals surface area (Å²) in [6.07, 6.45) is 7.48. The Labute approximate surface area is 216 Å². The first-order valence-corrected chi connectivity index (χ1v) is 12.0. The minimum atomic E-state index is 0. The molecule has 2 fully saturated rings. The van der Waals surface area contributed by atoms with Crippen molar-refractivity contribution in [3.63, 3.8) is 0 Å². The third-order valence-electron chi connectivity index (χ3n) is 6.99. The largest absolute Gasteiger partial charge is 0.381 e. The number of carbonyl (C=O) groups excluding carboxylic acids is 1. The molecular formula is C26H30ClN7O2. The summed E-state index contributed by atoms with van der Waals surface area (Å²) >= 11 is 0. The first-order chi connectivity index (χ1) is 17.0. The average Bonchev–Trinajstić information content (AvgIpc) is 3.47. The van der Waals surface area contributed by atoms with Gasteiger partial charge in [-0.05, 0) is 30.2 Å². The second-order valence-corrected chi connectivity index (χ2v) is 9.63. The number of piperazine rings is 1. The fourth-order valence-corrected chi connectivity index (χ4v) is 4.89. The van der Waals surface area contributed by atoms with Gasteiger partial charge in [0.25, 0.3) is 0 Å². The maximum absolute atomic E-state index is 12.8. The van der Waals surface area contributed by atoms with Crippen LogP contribution >= 0.6 is 12.4 Å². The van der Waals surface area contributed by atoms with Gasteiger partial charge < -0.3 is 9.64 Å². The van der Waals surface area contributed by atoms with E-state index in [4.69, 9.17) is 9.72 Å². The standard InChI is InChI=1S/C26H29N7O2.ClH/c1-18-9-20(26-24-5-6-27-33(24)14-23(29-26)22-10-28-30(2)12-22)3-4-21(18)13-32-8-7-31(15-25(32)34)11-19-16-35-17-19;/h3-6,9-10,12,14,19H,7-8,11,13,15-17H2,1-2H3;1H. The predicted octanol–water partition coefficient (Wildman–Crippen LogP) is 2.82. The van der Waals surface area contributed by atoms with Crippen LogP contribution in [-0.2, 0) is 23.1 Å². The Kier molecular flexibility index (Phi) is 6.79. The quantitative estimate of drug-likeness (QED) is 0.399. The molecule has 0 aliphatic carbocycles. The van der Waals surface area contributed by atoms with Crippen LogP contribution in [0.4, 0.5) is 0 Å². The van der Waals surface area contributed by atoms with Gasteiger partial charge in [0.1, 0.15) is 0 Å². The van der Waals surface area contributed by atoms with Crippen molar-refractivity contribution in [1.29, 1.82) is 0 Å². The molecule has 0 spiro atoms. The van der Waals surface area contributed by atoms with E-state index in [2.05, 4.69) is 40.2 Å². The highest BCUT2D eigenvalue weighted by Gasteiger charge is 2.28. The number of carbonyl (C=O) groups is 1. The normalized spacial score (nSPS) is 16.8. The summed E-state index contributed by atoms with van der Waals surface area (Å²) in [6.45, 7) is 7.53. The van der Waals surface area contributed by atoms with E-state index in [0.29, 0.717) is 19.0 Å². The van der Waals surface area contributed by atoms with Crippen molar-refractivity contribution in [1.82, 2.24) is 34.2 Å². The van der Waals surface area contributed by atoms with Crippen LogP contribution in [0.25, 0.3) is 28.0 Å². The third kappa shape index (κ3) is 4.74. The number of hydrogen-bond acceptors (Lipinski definition) is 6. The topological polar surface area (TPSA) is 80.8 Å². The maximum atomic E-state index is 12.8. The molecule has 188 valence electrons. The van der Waals surface area contributed by atoms with Crippen molar-refractivity contribution >= 4 is 23.8 Å². The molecule has 5 heterocycles. The first kappa shape index (κ1) is 24.4. The summed E-state index contributed by atoms with van der Waals surface area (Å²) in [7, 11) is 1.90. The van der Waals surface area contributed by atoms with Crippen LogP contribution in [0.15, 0.2) is 49.1 Å². The number of hydrogen-bond donors (Lipinski definition) is 0. The number of halogens is 1. The Hall–Kier alpha value is -3.27. The van der Waals surface area contributed by atoms with E-state index < -0.39 is 0 Å². The smallest absolute Gasteiger partial charge is 0.237 e. The highest BCUT2D eigenvalue weighted by molar-refractivity contribution is 5.85. The Morgan fingerprint density at radius 2 is 1.94 bits per heavy atom. The molecule has 2 saturated heterocycles. The van der Waals surface area contributed by atoms with E-state index in [9.17, 15) is 4.79 Å². The van der Waals surface area contributed by atoms with Gasteiger partial charge in [-0.3, -0.25) is 14.4 Å². The van der Waals surface area contributed by atoms with E-state index in [1.165, 1.54) is 0 Å². The minimum absolute atomic E-state index is 0. The number of ether oxygens (including phenoxy) is 1. The number of aryl methyl sites for hydroxylation is 2. The van der Waals surface area contributed by atoms with Crippen molar-refractivity contribution in [3.05, 3.63) is 60.2 Å². The molecule has 2 aliphatic rings. The van der Waals surface area contributed by atoms with E-state index in [1.807, 2.05) is 41.1 Å². The highest BCUT2D eigenvalue weighted by Crippen LogP contribution is 2.28. The predicted molar refractivity (Wildman–Crippen MR) is 139 cm³/mol. The molecule has 1 amide bonds. The molecule has 6 rings (SSSR count). The molecule has 3 aromatic heterocycles. The molecule has 4 aromatic rings.